The van der Waals surface area contributed by atoms with Crippen molar-refractivity contribution in [3.63, 3.8) is 0 Å². The summed E-state index contributed by atoms with van der Waals surface area (Å²) in [6, 6.07) is 8.70. The Kier molecular flexibility index (Phi) is 7.18. The van der Waals surface area contributed by atoms with Crippen LogP contribution in [0.2, 0.25) is 0 Å². The molecule has 8 nitrogen and oxygen atoms in total. The first-order valence-electron chi connectivity index (χ1n) is 9.64. The number of nitrogens with one attached hydrogen (secondary N) is 2. The maximum Gasteiger partial charge on any atom is 0.293 e. The van der Waals surface area contributed by atoms with Crippen LogP contribution in [-0.2, 0) is 4.74 Å². The van der Waals surface area contributed by atoms with Gasteiger partial charge in [-0.3, -0.25) is 19.8 Å². The number of carbonyl (C=O) groups excluding carboxylic acids is 1. The molecule has 2 N–H and O–H groups in total. The van der Waals surface area contributed by atoms with E-state index in [1.54, 1.807) is 23.5 Å². The Morgan fingerprint density at radius 1 is 1.31 bits per heavy atom. The highest BCUT2D eigenvalue weighted by atomic mass is 32.1. The lowest BCUT2D eigenvalue weighted by Gasteiger charge is -2.34. The van der Waals surface area contributed by atoms with Crippen molar-refractivity contribution >= 4 is 28.6 Å². The molecule has 0 bridgehead atoms. The molecule has 0 spiro atoms. The largest absolute Gasteiger partial charge is 0.379 e. The molecule has 1 amide bonds. The van der Waals surface area contributed by atoms with Crippen LogP contribution in [0.25, 0.3) is 0 Å². The molecule has 9 heteroatoms. The number of rotatable bonds is 8. The Morgan fingerprint density at radius 2 is 2.07 bits per heavy atom. The first kappa shape index (κ1) is 21.2. The highest BCUT2D eigenvalue weighted by molar-refractivity contribution is 7.10. The zero-order valence-corrected chi connectivity index (χ0v) is 17.4. The number of benzene rings is 1. The predicted octanol–water partition coefficient (Wildman–Crippen LogP) is 3.28. The van der Waals surface area contributed by atoms with Gasteiger partial charge in [-0.05, 0) is 37.4 Å². The average Bonchev–Trinajstić information content (AvgIpc) is 3.23. The van der Waals surface area contributed by atoms with Crippen molar-refractivity contribution < 1.29 is 14.5 Å². The standard InChI is InChI=1S/C20H26N4O4S/c1-14(2)22-20(25)15-5-6-16(17(12-15)24(26)27)21-13-18(19-4-3-11-29-19)23-7-9-28-10-8-23/h3-6,11-12,14,18,21H,7-10,13H2,1-2H3,(H,22,25)/t18-/m0/s1. The predicted molar refractivity (Wildman–Crippen MR) is 114 cm³/mol. The lowest BCUT2D eigenvalue weighted by atomic mass is 10.1. The summed E-state index contributed by atoms with van der Waals surface area (Å²) in [5, 5.41) is 19.6. The Labute approximate surface area is 174 Å². The minimum atomic E-state index is -0.455. The number of amides is 1. The highest BCUT2D eigenvalue weighted by Crippen LogP contribution is 2.30. The fourth-order valence-electron chi connectivity index (χ4n) is 3.31. The third-order valence-corrected chi connectivity index (χ3v) is 5.69. The molecule has 0 aliphatic carbocycles. The van der Waals surface area contributed by atoms with Crippen LogP contribution in [-0.4, -0.2) is 54.6 Å². The molecule has 1 fully saturated rings. The summed E-state index contributed by atoms with van der Waals surface area (Å²) in [4.78, 5) is 26.9. The number of nitro benzene ring substituents is 1. The SMILES string of the molecule is CC(C)NC(=O)c1ccc(NC[C@@H](c2cccs2)N2CCOCC2)c([N+](=O)[O-])c1. The van der Waals surface area contributed by atoms with Crippen LogP contribution in [0.1, 0.15) is 35.1 Å². The molecule has 1 aromatic heterocycles. The van der Waals surface area contributed by atoms with Crippen molar-refractivity contribution in [3.05, 3.63) is 56.3 Å². The van der Waals surface area contributed by atoms with E-state index < -0.39 is 4.92 Å². The van der Waals surface area contributed by atoms with Crippen molar-refractivity contribution in [2.45, 2.75) is 25.9 Å². The van der Waals surface area contributed by atoms with E-state index in [0.717, 1.165) is 13.1 Å². The number of thiophene rings is 1. The van der Waals surface area contributed by atoms with Crippen molar-refractivity contribution in [1.29, 1.82) is 0 Å². The molecule has 2 heterocycles. The molecule has 2 aromatic rings. The zero-order chi connectivity index (χ0) is 20.8. The van der Waals surface area contributed by atoms with Gasteiger partial charge in [0.1, 0.15) is 5.69 Å². The Hall–Kier alpha value is -2.49. The fraction of sp³-hybridized carbons (Fsp3) is 0.450. The molecule has 1 aromatic carbocycles. The smallest absolute Gasteiger partial charge is 0.293 e. The first-order valence-corrected chi connectivity index (χ1v) is 10.5. The monoisotopic (exact) mass is 418 g/mol. The summed E-state index contributed by atoms with van der Waals surface area (Å²) >= 11 is 1.67. The molecule has 156 valence electrons. The van der Waals surface area contributed by atoms with Crippen LogP contribution in [0.5, 0.6) is 0 Å². The number of ether oxygens (including phenoxy) is 1. The molecular formula is C20H26N4O4S. The summed E-state index contributed by atoms with van der Waals surface area (Å²) in [6.07, 6.45) is 0. The van der Waals surface area contributed by atoms with E-state index in [2.05, 4.69) is 21.6 Å². The van der Waals surface area contributed by atoms with Crippen molar-refractivity contribution in [2.24, 2.45) is 0 Å². The summed E-state index contributed by atoms with van der Waals surface area (Å²) in [5.41, 5.74) is 0.582. The number of anilines is 1. The number of hydrogen-bond acceptors (Lipinski definition) is 7. The lowest BCUT2D eigenvalue weighted by molar-refractivity contribution is -0.384. The first-order chi connectivity index (χ1) is 14.0. The topological polar surface area (TPSA) is 96.7 Å². The number of hydrogen-bond donors (Lipinski definition) is 2. The quantitative estimate of drug-likeness (QED) is 0.504. The van der Waals surface area contributed by atoms with E-state index in [1.807, 2.05) is 25.3 Å². The maximum atomic E-state index is 12.2. The van der Waals surface area contributed by atoms with E-state index in [1.165, 1.54) is 10.9 Å². The van der Waals surface area contributed by atoms with Crippen LogP contribution < -0.4 is 10.6 Å². The molecule has 1 saturated heterocycles. The number of carbonyl (C=O) groups is 1. The van der Waals surface area contributed by atoms with E-state index >= 15 is 0 Å². The zero-order valence-electron chi connectivity index (χ0n) is 16.6. The highest BCUT2D eigenvalue weighted by Gasteiger charge is 2.25. The summed E-state index contributed by atoms with van der Waals surface area (Å²) in [6.45, 7) is 7.22. The van der Waals surface area contributed by atoms with Gasteiger partial charge >= 0.3 is 0 Å². The summed E-state index contributed by atoms with van der Waals surface area (Å²) in [5.74, 6) is -0.320. The van der Waals surface area contributed by atoms with Crippen LogP contribution in [0.3, 0.4) is 0 Å². The third kappa shape index (κ3) is 5.53. The molecule has 1 atom stereocenters. The third-order valence-electron chi connectivity index (χ3n) is 4.72. The van der Waals surface area contributed by atoms with Crippen molar-refractivity contribution in [2.75, 3.05) is 38.2 Å². The van der Waals surface area contributed by atoms with Gasteiger partial charge in [0, 0.05) is 42.2 Å². The second-order valence-corrected chi connectivity index (χ2v) is 8.16. The maximum absolute atomic E-state index is 12.2. The molecule has 0 radical (unpaired) electrons. The van der Waals surface area contributed by atoms with E-state index in [-0.39, 0.29) is 29.2 Å². The van der Waals surface area contributed by atoms with Gasteiger partial charge in [-0.1, -0.05) is 6.07 Å². The van der Waals surface area contributed by atoms with Crippen molar-refractivity contribution in [1.82, 2.24) is 10.2 Å². The molecule has 1 aliphatic rings. The van der Waals surface area contributed by atoms with Gasteiger partial charge in [0.2, 0.25) is 0 Å². The molecular weight excluding hydrogens is 392 g/mol. The minimum Gasteiger partial charge on any atom is -0.379 e. The molecule has 29 heavy (non-hydrogen) atoms. The van der Waals surface area contributed by atoms with E-state index in [0.29, 0.717) is 25.4 Å². The molecule has 0 unspecified atom stereocenters. The van der Waals surface area contributed by atoms with Crippen LogP contribution in [0.15, 0.2) is 35.7 Å². The summed E-state index contributed by atoms with van der Waals surface area (Å²) in [7, 11) is 0. The fourth-order valence-corrected chi connectivity index (χ4v) is 4.17. The van der Waals surface area contributed by atoms with E-state index in [9.17, 15) is 14.9 Å². The van der Waals surface area contributed by atoms with Crippen molar-refractivity contribution in [3.8, 4) is 0 Å². The van der Waals surface area contributed by atoms with Crippen LogP contribution >= 0.6 is 11.3 Å². The van der Waals surface area contributed by atoms with Gasteiger partial charge in [0.05, 0.1) is 24.2 Å². The Balaban J connectivity index is 1.78. The van der Waals surface area contributed by atoms with E-state index in [4.69, 9.17) is 4.74 Å². The van der Waals surface area contributed by atoms with Crippen LogP contribution in [0, 0.1) is 10.1 Å². The average molecular weight is 419 g/mol. The second-order valence-electron chi connectivity index (χ2n) is 7.18. The number of nitrogens with zero attached hydrogens (tertiary/aromatic N) is 2. The minimum absolute atomic E-state index is 0.0422. The van der Waals surface area contributed by atoms with Gasteiger partial charge in [0.25, 0.3) is 11.6 Å². The number of nitro groups is 1. The van der Waals surface area contributed by atoms with Crippen LogP contribution in [0.4, 0.5) is 11.4 Å². The molecule has 3 rings (SSSR count). The van der Waals surface area contributed by atoms with Gasteiger partial charge in [-0.2, -0.15) is 0 Å². The summed E-state index contributed by atoms with van der Waals surface area (Å²) < 4.78 is 5.46. The van der Waals surface area contributed by atoms with Gasteiger partial charge in [-0.25, -0.2) is 0 Å². The Bertz CT molecular complexity index is 835. The Morgan fingerprint density at radius 3 is 2.69 bits per heavy atom. The van der Waals surface area contributed by atoms with Gasteiger partial charge < -0.3 is 15.4 Å². The van der Waals surface area contributed by atoms with Gasteiger partial charge in [-0.15, -0.1) is 11.3 Å². The normalized spacial score (nSPS) is 15.8. The molecule has 0 saturated carbocycles. The lowest BCUT2D eigenvalue weighted by Crippen LogP contribution is -2.41. The second kappa shape index (κ2) is 9.82. The molecule has 1 aliphatic heterocycles. The number of morpholine rings is 1. The van der Waals surface area contributed by atoms with Gasteiger partial charge in [0.15, 0.2) is 0 Å².